The highest BCUT2D eigenvalue weighted by atomic mass is 32.2. The minimum absolute atomic E-state index is 0.152. The molecule has 0 bridgehead atoms. The summed E-state index contributed by atoms with van der Waals surface area (Å²) in [6, 6.07) is 8.44. The maximum atomic E-state index is 11.0. The van der Waals surface area contributed by atoms with Crippen LogP contribution in [0.1, 0.15) is 25.0 Å². The molecule has 124 valence electrons. The number of nitrogens with two attached hydrogens (primary N) is 1. The van der Waals surface area contributed by atoms with Crippen molar-refractivity contribution in [3.05, 3.63) is 35.4 Å². The highest BCUT2D eigenvalue weighted by Crippen LogP contribution is 2.07. The molecule has 0 aromatic heterocycles. The van der Waals surface area contributed by atoms with Crippen LogP contribution in [-0.4, -0.2) is 45.2 Å². The van der Waals surface area contributed by atoms with Crippen LogP contribution in [0.25, 0.3) is 0 Å². The quantitative estimate of drug-likeness (QED) is 0.576. The van der Waals surface area contributed by atoms with Crippen molar-refractivity contribution >= 4 is 16.0 Å². The summed E-state index contributed by atoms with van der Waals surface area (Å²) in [5.41, 5.74) is 2.48. The summed E-state index contributed by atoms with van der Waals surface area (Å²) < 4.78 is 21.9. The van der Waals surface area contributed by atoms with E-state index in [2.05, 4.69) is 41.5 Å². The number of primary sulfonamides is 1. The van der Waals surface area contributed by atoms with E-state index in [4.69, 9.17) is 5.14 Å². The molecule has 0 heterocycles. The molecule has 7 heteroatoms. The van der Waals surface area contributed by atoms with E-state index < -0.39 is 10.0 Å². The van der Waals surface area contributed by atoms with Crippen LogP contribution in [0.4, 0.5) is 0 Å². The van der Waals surface area contributed by atoms with Crippen LogP contribution in [0.15, 0.2) is 29.3 Å². The normalized spacial score (nSPS) is 12.3. The molecule has 0 spiro atoms. The highest BCUT2D eigenvalue weighted by Gasteiger charge is 2.08. The molecule has 0 saturated carbocycles. The first-order valence-electron chi connectivity index (χ1n) is 7.43. The molecule has 0 atom stereocenters. The molecular weight excluding hydrogens is 300 g/mol. The second-order valence-electron chi connectivity index (χ2n) is 5.13. The lowest BCUT2D eigenvalue weighted by Crippen LogP contribution is -2.39. The number of guanidine groups is 1. The van der Waals surface area contributed by atoms with E-state index in [0.717, 1.165) is 6.42 Å². The van der Waals surface area contributed by atoms with Crippen molar-refractivity contribution in [2.75, 3.05) is 25.9 Å². The van der Waals surface area contributed by atoms with Crippen molar-refractivity contribution in [1.82, 2.24) is 10.2 Å². The van der Waals surface area contributed by atoms with Gasteiger partial charge in [-0.3, -0.25) is 4.99 Å². The predicted octanol–water partition coefficient (Wildman–Crippen LogP) is 0.935. The topological polar surface area (TPSA) is 87.8 Å². The first-order valence-corrected chi connectivity index (χ1v) is 9.15. The Morgan fingerprint density at radius 3 is 2.32 bits per heavy atom. The zero-order valence-electron chi connectivity index (χ0n) is 13.5. The van der Waals surface area contributed by atoms with Gasteiger partial charge < -0.3 is 10.2 Å². The summed E-state index contributed by atoms with van der Waals surface area (Å²) in [6.07, 6.45) is 1.02. The number of sulfonamides is 1. The van der Waals surface area contributed by atoms with Gasteiger partial charge in [0.05, 0.1) is 12.3 Å². The van der Waals surface area contributed by atoms with Crippen molar-refractivity contribution in [3.8, 4) is 0 Å². The van der Waals surface area contributed by atoms with Gasteiger partial charge in [-0.25, -0.2) is 13.6 Å². The lowest BCUT2D eigenvalue weighted by Gasteiger charge is -2.22. The first kappa shape index (κ1) is 18.4. The molecule has 1 aromatic carbocycles. The molecule has 0 fully saturated rings. The Morgan fingerprint density at radius 2 is 1.82 bits per heavy atom. The SMILES string of the molecule is CCNC(=NCCS(N)(=O)=O)N(C)Cc1ccc(CC)cc1. The highest BCUT2D eigenvalue weighted by molar-refractivity contribution is 7.89. The number of hydrogen-bond donors (Lipinski definition) is 2. The Kier molecular flexibility index (Phi) is 7.34. The van der Waals surface area contributed by atoms with E-state index in [9.17, 15) is 8.42 Å². The van der Waals surface area contributed by atoms with Crippen molar-refractivity contribution in [2.24, 2.45) is 10.1 Å². The first-order chi connectivity index (χ1) is 10.4. The number of aliphatic imine (C=N–C) groups is 1. The van der Waals surface area contributed by atoms with E-state index in [1.54, 1.807) is 0 Å². The van der Waals surface area contributed by atoms with Gasteiger partial charge in [-0.2, -0.15) is 0 Å². The number of aryl methyl sites for hydroxylation is 1. The summed E-state index contributed by atoms with van der Waals surface area (Å²) in [7, 11) is -1.56. The number of benzene rings is 1. The molecule has 6 nitrogen and oxygen atoms in total. The predicted molar refractivity (Wildman–Crippen MR) is 91.2 cm³/mol. The average molecular weight is 326 g/mol. The fraction of sp³-hybridized carbons (Fsp3) is 0.533. The van der Waals surface area contributed by atoms with Crippen LogP contribution in [0.2, 0.25) is 0 Å². The molecule has 0 unspecified atom stereocenters. The van der Waals surface area contributed by atoms with E-state index >= 15 is 0 Å². The van der Waals surface area contributed by atoms with Gasteiger partial charge in [0, 0.05) is 20.1 Å². The van der Waals surface area contributed by atoms with Crippen LogP contribution < -0.4 is 10.5 Å². The molecule has 0 aliphatic heterocycles. The molecule has 0 aliphatic rings. The molecule has 22 heavy (non-hydrogen) atoms. The summed E-state index contributed by atoms with van der Waals surface area (Å²) in [4.78, 5) is 6.27. The third-order valence-electron chi connectivity index (χ3n) is 3.18. The van der Waals surface area contributed by atoms with E-state index in [1.807, 2.05) is 18.9 Å². The second-order valence-corrected chi connectivity index (χ2v) is 6.86. The summed E-state index contributed by atoms with van der Waals surface area (Å²) >= 11 is 0. The number of rotatable bonds is 7. The van der Waals surface area contributed by atoms with Crippen molar-refractivity contribution < 1.29 is 8.42 Å². The molecular formula is C15H26N4O2S. The summed E-state index contributed by atoms with van der Waals surface area (Å²) in [5, 5.41) is 8.14. The largest absolute Gasteiger partial charge is 0.357 e. The maximum Gasteiger partial charge on any atom is 0.210 e. The standard InChI is InChI=1S/C15H26N4O2S/c1-4-13-6-8-14(9-7-13)12-19(3)15(17-5-2)18-10-11-22(16,20)21/h6-9H,4-5,10-12H2,1-3H3,(H,17,18)(H2,16,20,21). The van der Waals surface area contributed by atoms with Crippen LogP contribution in [0.5, 0.6) is 0 Å². The van der Waals surface area contributed by atoms with E-state index in [1.165, 1.54) is 11.1 Å². The van der Waals surface area contributed by atoms with Crippen LogP contribution >= 0.6 is 0 Å². The Labute approximate surface area is 133 Å². The lowest BCUT2D eigenvalue weighted by molar-refractivity contribution is 0.477. The Bertz CT molecular complexity index is 582. The van der Waals surface area contributed by atoms with Gasteiger partial charge in [-0.15, -0.1) is 0 Å². The fourth-order valence-corrected chi connectivity index (χ4v) is 2.32. The second kappa shape index (κ2) is 8.75. The van der Waals surface area contributed by atoms with E-state index in [0.29, 0.717) is 19.0 Å². The van der Waals surface area contributed by atoms with Gasteiger partial charge in [-0.05, 0) is 24.5 Å². The van der Waals surface area contributed by atoms with Gasteiger partial charge in [0.2, 0.25) is 10.0 Å². The monoisotopic (exact) mass is 326 g/mol. The van der Waals surface area contributed by atoms with Crippen molar-refractivity contribution in [2.45, 2.75) is 26.8 Å². The van der Waals surface area contributed by atoms with Gasteiger partial charge in [0.15, 0.2) is 5.96 Å². The lowest BCUT2D eigenvalue weighted by atomic mass is 10.1. The summed E-state index contributed by atoms with van der Waals surface area (Å²) in [6.45, 7) is 5.67. The zero-order valence-corrected chi connectivity index (χ0v) is 14.4. The number of hydrogen-bond acceptors (Lipinski definition) is 3. The minimum Gasteiger partial charge on any atom is -0.357 e. The van der Waals surface area contributed by atoms with Gasteiger partial charge in [0.1, 0.15) is 0 Å². The van der Waals surface area contributed by atoms with Crippen LogP contribution in [0, 0.1) is 0 Å². The Hall–Kier alpha value is -1.60. The Balaban J connectivity index is 2.70. The van der Waals surface area contributed by atoms with Crippen LogP contribution in [0.3, 0.4) is 0 Å². The number of nitrogens with one attached hydrogen (secondary N) is 1. The molecule has 0 saturated heterocycles. The zero-order chi connectivity index (χ0) is 16.6. The summed E-state index contributed by atoms with van der Waals surface area (Å²) in [5.74, 6) is 0.520. The molecule has 0 aliphatic carbocycles. The molecule has 1 rings (SSSR count). The van der Waals surface area contributed by atoms with Gasteiger partial charge in [-0.1, -0.05) is 31.2 Å². The third kappa shape index (κ3) is 6.91. The molecule has 1 aromatic rings. The molecule has 0 amide bonds. The van der Waals surface area contributed by atoms with Gasteiger partial charge in [0.25, 0.3) is 0 Å². The average Bonchev–Trinajstić information content (AvgIpc) is 2.46. The fourth-order valence-electron chi connectivity index (χ4n) is 1.98. The molecule has 0 radical (unpaired) electrons. The van der Waals surface area contributed by atoms with Gasteiger partial charge >= 0.3 is 0 Å². The third-order valence-corrected chi connectivity index (χ3v) is 3.94. The van der Waals surface area contributed by atoms with Crippen molar-refractivity contribution in [3.63, 3.8) is 0 Å². The maximum absolute atomic E-state index is 11.0. The Morgan fingerprint density at radius 1 is 1.23 bits per heavy atom. The minimum atomic E-state index is -3.48. The van der Waals surface area contributed by atoms with Crippen molar-refractivity contribution in [1.29, 1.82) is 0 Å². The smallest absolute Gasteiger partial charge is 0.210 e. The molecule has 3 N–H and O–H groups in total. The van der Waals surface area contributed by atoms with E-state index in [-0.39, 0.29) is 12.3 Å². The number of nitrogens with zero attached hydrogens (tertiary/aromatic N) is 2. The van der Waals surface area contributed by atoms with Crippen LogP contribution in [-0.2, 0) is 23.0 Å².